The quantitative estimate of drug-likeness (QED) is 0.771. The number of hydrogen-bond donors (Lipinski definition) is 0. The predicted octanol–water partition coefficient (Wildman–Crippen LogP) is 2.80. The molecule has 0 aliphatic carbocycles. The summed E-state index contributed by atoms with van der Waals surface area (Å²) in [5, 5.41) is 11.9. The Bertz CT molecular complexity index is 417. The maximum Gasteiger partial charge on any atom is 0.107 e. The highest BCUT2D eigenvalue weighted by molar-refractivity contribution is 7.09. The molecule has 0 unspecified atom stereocenters. The highest BCUT2D eigenvalue weighted by atomic mass is 32.1. The number of nitrogens with zero attached hydrogens (tertiary/aromatic N) is 3. The van der Waals surface area contributed by atoms with Gasteiger partial charge in [0.1, 0.15) is 5.01 Å². The molecular formula is C14H23N3OS. The molecule has 0 radical (unpaired) electrons. The summed E-state index contributed by atoms with van der Waals surface area (Å²) < 4.78 is 5.11. The summed E-state index contributed by atoms with van der Waals surface area (Å²) in [6, 6.07) is 2.19. The lowest BCUT2D eigenvalue weighted by atomic mass is 9.93. The Hall–Kier alpha value is -0.960. The zero-order chi connectivity index (χ0) is 14.3. The molecule has 0 N–H and O–H groups in total. The fraction of sp³-hybridized carbons (Fsp3) is 0.714. The summed E-state index contributed by atoms with van der Waals surface area (Å²) in [5.74, 6) is 0. The molecular weight excluding hydrogens is 258 g/mol. The smallest absolute Gasteiger partial charge is 0.107 e. The lowest BCUT2D eigenvalue weighted by molar-refractivity contribution is 0.145. The molecule has 0 bridgehead atoms. The van der Waals surface area contributed by atoms with E-state index in [1.54, 1.807) is 18.4 Å². The second kappa shape index (κ2) is 7.59. The molecule has 1 aromatic heterocycles. The van der Waals surface area contributed by atoms with Crippen LogP contribution in [0.15, 0.2) is 5.38 Å². The molecule has 1 rings (SSSR count). The van der Waals surface area contributed by atoms with Crippen LogP contribution in [0.25, 0.3) is 0 Å². The topological polar surface area (TPSA) is 49.1 Å². The highest BCUT2D eigenvalue weighted by Gasteiger charge is 2.18. The lowest BCUT2D eigenvalue weighted by Crippen LogP contribution is -2.28. The van der Waals surface area contributed by atoms with Crippen molar-refractivity contribution in [1.82, 2.24) is 9.88 Å². The first-order chi connectivity index (χ1) is 8.97. The van der Waals surface area contributed by atoms with Crippen LogP contribution in [0.5, 0.6) is 0 Å². The van der Waals surface area contributed by atoms with Gasteiger partial charge in [0, 0.05) is 37.4 Å². The summed E-state index contributed by atoms with van der Waals surface area (Å²) >= 11 is 1.70. The van der Waals surface area contributed by atoms with Crippen LogP contribution in [0.1, 0.15) is 37.9 Å². The molecule has 5 heteroatoms. The van der Waals surface area contributed by atoms with Crippen molar-refractivity contribution in [3.05, 3.63) is 16.1 Å². The number of thiazole rings is 1. The first kappa shape index (κ1) is 16.1. The Morgan fingerprint density at radius 2 is 2.16 bits per heavy atom. The fourth-order valence-electron chi connectivity index (χ4n) is 1.62. The second-order valence-electron chi connectivity index (χ2n) is 5.55. The van der Waals surface area contributed by atoms with E-state index in [1.807, 2.05) is 0 Å². The monoisotopic (exact) mass is 281 g/mol. The van der Waals surface area contributed by atoms with E-state index in [4.69, 9.17) is 15.0 Å². The van der Waals surface area contributed by atoms with Gasteiger partial charge in [-0.15, -0.1) is 11.3 Å². The average molecular weight is 281 g/mol. The first-order valence-electron chi connectivity index (χ1n) is 6.50. The minimum absolute atomic E-state index is 0.0960. The average Bonchev–Trinajstić information content (AvgIpc) is 2.81. The van der Waals surface area contributed by atoms with E-state index in [0.717, 1.165) is 30.3 Å². The number of rotatable bonds is 7. The normalized spacial score (nSPS) is 11.8. The second-order valence-corrected chi connectivity index (χ2v) is 6.50. The van der Waals surface area contributed by atoms with Crippen LogP contribution in [0.2, 0.25) is 0 Å². The van der Waals surface area contributed by atoms with Crippen LogP contribution in [0.3, 0.4) is 0 Å². The van der Waals surface area contributed by atoms with Gasteiger partial charge in [-0.05, 0) is 0 Å². The molecule has 0 aliphatic heterocycles. The van der Waals surface area contributed by atoms with Crippen molar-refractivity contribution in [3.8, 4) is 6.07 Å². The van der Waals surface area contributed by atoms with E-state index in [2.05, 4.69) is 37.1 Å². The Balaban J connectivity index is 2.62. The van der Waals surface area contributed by atoms with Gasteiger partial charge in [0.25, 0.3) is 0 Å². The maximum absolute atomic E-state index is 8.70. The van der Waals surface area contributed by atoms with Crippen LogP contribution in [-0.4, -0.2) is 36.7 Å². The van der Waals surface area contributed by atoms with Crippen molar-refractivity contribution < 1.29 is 4.74 Å². The van der Waals surface area contributed by atoms with Crippen LogP contribution < -0.4 is 0 Å². The number of aromatic nitrogens is 1. The van der Waals surface area contributed by atoms with E-state index in [9.17, 15) is 0 Å². The third kappa shape index (κ3) is 5.68. The Morgan fingerprint density at radius 1 is 1.42 bits per heavy atom. The number of hydrogen-bond acceptors (Lipinski definition) is 5. The zero-order valence-corrected chi connectivity index (χ0v) is 13.1. The van der Waals surface area contributed by atoms with Crippen LogP contribution in [0, 0.1) is 11.3 Å². The lowest BCUT2D eigenvalue weighted by Gasteiger charge is -2.19. The molecule has 4 nitrogen and oxygen atoms in total. The maximum atomic E-state index is 8.70. The first-order valence-corrected chi connectivity index (χ1v) is 7.38. The van der Waals surface area contributed by atoms with Crippen LogP contribution in [0.4, 0.5) is 0 Å². The molecule has 1 heterocycles. The van der Waals surface area contributed by atoms with E-state index < -0.39 is 0 Å². The molecule has 106 valence electrons. The Morgan fingerprint density at radius 3 is 2.68 bits per heavy atom. The number of nitriles is 1. The molecule has 0 aromatic carbocycles. The van der Waals surface area contributed by atoms with Crippen molar-refractivity contribution in [2.45, 2.75) is 39.2 Å². The van der Waals surface area contributed by atoms with Gasteiger partial charge < -0.3 is 4.74 Å². The Labute approximate surface area is 120 Å². The molecule has 0 aliphatic rings. The predicted molar refractivity (Wildman–Crippen MR) is 78.2 cm³/mol. The van der Waals surface area contributed by atoms with Crippen molar-refractivity contribution >= 4 is 11.3 Å². The van der Waals surface area contributed by atoms with Crippen LogP contribution >= 0.6 is 11.3 Å². The van der Waals surface area contributed by atoms with Crippen LogP contribution in [-0.2, 0) is 16.7 Å². The third-order valence-electron chi connectivity index (χ3n) is 2.83. The number of methoxy groups -OCH3 is 1. The molecule has 0 saturated heterocycles. The van der Waals surface area contributed by atoms with E-state index in [-0.39, 0.29) is 5.41 Å². The van der Waals surface area contributed by atoms with Crippen molar-refractivity contribution in [2.24, 2.45) is 0 Å². The van der Waals surface area contributed by atoms with E-state index >= 15 is 0 Å². The minimum atomic E-state index is 0.0960. The molecule has 1 aromatic rings. The van der Waals surface area contributed by atoms with Crippen molar-refractivity contribution in [3.63, 3.8) is 0 Å². The van der Waals surface area contributed by atoms with Gasteiger partial charge >= 0.3 is 0 Å². The van der Waals surface area contributed by atoms with Gasteiger partial charge in [-0.25, -0.2) is 4.98 Å². The van der Waals surface area contributed by atoms with Crippen molar-refractivity contribution in [1.29, 1.82) is 5.26 Å². The van der Waals surface area contributed by atoms with E-state index in [0.29, 0.717) is 13.0 Å². The molecule has 0 fully saturated rings. The molecule has 0 spiro atoms. The third-order valence-corrected chi connectivity index (χ3v) is 3.66. The standard InChI is InChI=1S/C14H23N3OS/c1-14(2,3)12-11-19-13(16-12)10-17(7-5-6-15)8-9-18-4/h11H,5,7-10H2,1-4H3. The molecule has 0 saturated carbocycles. The largest absolute Gasteiger partial charge is 0.383 e. The minimum Gasteiger partial charge on any atom is -0.383 e. The summed E-state index contributed by atoms with van der Waals surface area (Å²) in [4.78, 5) is 6.91. The molecule has 19 heavy (non-hydrogen) atoms. The SMILES string of the molecule is COCCN(CCC#N)Cc1nc(C(C)(C)C)cs1. The van der Waals surface area contributed by atoms with Crippen molar-refractivity contribution in [2.75, 3.05) is 26.8 Å². The van der Waals surface area contributed by atoms with Gasteiger partial charge in [0.2, 0.25) is 0 Å². The highest BCUT2D eigenvalue weighted by Crippen LogP contribution is 2.24. The van der Waals surface area contributed by atoms with Gasteiger partial charge in [0.15, 0.2) is 0 Å². The zero-order valence-electron chi connectivity index (χ0n) is 12.3. The summed E-state index contributed by atoms with van der Waals surface area (Å²) in [6.45, 7) is 9.60. The summed E-state index contributed by atoms with van der Waals surface area (Å²) in [6.07, 6.45) is 0.543. The van der Waals surface area contributed by atoms with Gasteiger partial charge in [-0.1, -0.05) is 20.8 Å². The van der Waals surface area contributed by atoms with Gasteiger partial charge in [-0.3, -0.25) is 4.90 Å². The van der Waals surface area contributed by atoms with Gasteiger partial charge in [0.05, 0.1) is 24.9 Å². The number of ether oxygens (including phenoxy) is 1. The summed E-state index contributed by atoms with van der Waals surface area (Å²) in [5.41, 5.74) is 1.23. The molecule has 0 amide bonds. The van der Waals surface area contributed by atoms with Gasteiger partial charge in [-0.2, -0.15) is 5.26 Å². The fourth-order valence-corrected chi connectivity index (χ4v) is 2.68. The Kier molecular flexibility index (Phi) is 6.43. The summed E-state index contributed by atoms with van der Waals surface area (Å²) in [7, 11) is 1.70. The molecule has 0 atom stereocenters. The van der Waals surface area contributed by atoms with E-state index in [1.165, 1.54) is 0 Å².